The number of hydrogen-bond acceptors (Lipinski definition) is 3. The Morgan fingerprint density at radius 1 is 1.36 bits per heavy atom. The van der Waals surface area contributed by atoms with Gasteiger partial charge in [0.2, 0.25) is 0 Å². The molecule has 3 nitrogen and oxygen atoms in total. The maximum Gasteiger partial charge on any atom is 0.200 e. The fraction of sp³-hybridized carbons (Fsp3) is 0. The fourth-order valence-corrected chi connectivity index (χ4v) is 0.785. The predicted octanol–water partition coefficient (Wildman–Crippen LogP) is 1.50. The minimum atomic E-state index is 0.622. The Kier molecular flexibility index (Phi) is 2.32. The van der Waals surface area contributed by atoms with E-state index in [0.29, 0.717) is 10.7 Å². The number of nitriles is 1. The monoisotopic (exact) mass is 167 g/mol. The Bertz CT molecular complexity index is 275. The maximum atomic E-state index is 8.38. The smallest absolute Gasteiger partial charge is 0.200 e. The second-order valence-corrected chi connectivity index (χ2v) is 2.38. The number of benzene rings is 1. The van der Waals surface area contributed by atoms with Gasteiger partial charge in [-0.25, -0.2) is 10.9 Å². The molecule has 0 unspecified atom stereocenters. The lowest BCUT2D eigenvalue weighted by molar-refractivity contribution is 1.09. The van der Waals surface area contributed by atoms with Crippen LogP contribution in [0, 0.1) is 11.5 Å². The molecule has 1 rings (SSSR count). The van der Waals surface area contributed by atoms with Crippen LogP contribution in [0.1, 0.15) is 0 Å². The van der Waals surface area contributed by atoms with Crippen LogP contribution in [0.4, 0.5) is 5.69 Å². The van der Waals surface area contributed by atoms with E-state index < -0.39 is 0 Å². The van der Waals surface area contributed by atoms with Crippen LogP contribution in [0.25, 0.3) is 0 Å². The average Bonchev–Trinajstić information content (AvgIpc) is 2.05. The van der Waals surface area contributed by atoms with E-state index in [2.05, 4.69) is 0 Å². The summed E-state index contributed by atoms with van der Waals surface area (Å²) >= 11 is 5.62. The van der Waals surface area contributed by atoms with Gasteiger partial charge in [0.15, 0.2) is 6.19 Å². The van der Waals surface area contributed by atoms with Crippen molar-refractivity contribution in [2.75, 3.05) is 5.01 Å². The molecule has 11 heavy (non-hydrogen) atoms. The summed E-state index contributed by atoms with van der Waals surface area (Å²) < 4.78 is 0. The molecule has 0 saturated heterocycles. The van der Waals surface area contributed by atoms with Crippen molar-refractivity contribution < 1.29 is 0 Å². The van der Waals surface area contributed by atoms with Crippen molar-refractivity contribution in [3.63, 3.8) is 0 Å². The predicted molar refractivity (Wildman–Crippen MR) is 43.7 cm³/mol. The first kappa shape index (κ1) is 7.86. The van der Waals surface area contributed by atoms with E-state index >= 15 is 0 Å². The molecule has 0 aromatic heterocycles. The number of anilines is 1. The molecule has 0 saturated carbocycles. The first-order valence-electron chi connectivity index (χ1n) is 2.94. The third-order valence-corrected chi connectivity index (χ3v) is 1.46. The van der Waals surface area contributed by atoms with E-state index in [1.807, 2.05) is 0 Å². The lowest BCUT2D eigenvalue weighted by atomic mass is 10.3. The van der Waals surface area contributed by atoms with Gasteiger partial charge in [0.25, 0.3) is 0 Å². The molecule has 56 valence electrons. The van der Waals surface area contributed by atoms with Crippen LogP contribution < -0.4 is 10.9 Å². The topological polar surface area (TPSA) is 53.0 Å². The van der Waals surface area contributed by atoms with Crippen LogP contribution in [0.2, 0.25) is 5.02 Å². The Labute approximate surface area is 69.6 Å². The highest BCUT2D eigenvalue weighted by molar-refractivity contribution is 6.30. The number of halogens is 1. The van der Waals surface area contributed by atoms with Crippen molar-refractivity contribution in [2.45, 2.75) is 0 Å². The fourth-order valence-electron chi connectivity index (χ4n) is 0.659. The Balaban J connectivity index is 2.92. The van der Waals surface area contributed by atoms with Gasteiger partial charge >= 0.3 is 0 Å². The van der Waals surface area contributed by atoms with Gasteiger partial charge in [-0.3, -0.25) is 0 Å². The highest BCUT2D eigenvalue weighted by atomic mass is 35.5. The lowest BCUT2D eigenvalue weighted by Crippen LogP contribution is -2.24. The Hall–Kier alpha value is -1.24. The first-order chi connectivity index (χ1) is 5.24. The van der Waals surface area contributed by atoms with E-state index in [1.165, 1.54) is 0 Å². The average molecular weight is 168 g/mol. The SMILES string of the molecule is N#CN(N)c1ccc(Cl)cc1. The summed E-state index contributed by atoms with van der Waals surface area (Å²) in [5, 5.41) is 9.97. The van der Waals surface area contributed by atoms with Crippen molar-refractivity contribution in [2.24, 2.45) is 5.84 Å². The van der Waals surface area contributed by atoms with Crippen LogP contribution in [0.15, 0.2) is 24.3 Å². The second kappa shape index (κ2) is 3.24. The summed E-state index contributed by atoms with van der Waals surface area (Å²) in [6.07, 6.45) is 1.77. The molecule has 0 amide bonds. The highest BCUT2D eigenvalue weighted by Gasteiger charge is 1.96. The number of nitrogens with two attached hydrogens (primary N) is 1. The van der Waals surface area contributed by atoms with Crippen LogP contribution in [0.3, 0.4) is 0 Å². The molecule has 0 atom stereocenters. The van der Waals surface area contributed by atoms with Crippen molar-refractivity contribution in [1.29, 1.82) is 5.26 Å². The zero-order valence-corrected chi connectivity index (χ0v) is 6.42. The first-order valence-corrected chi connectivity index (χ1v) is 3.32. The summed E-state index contributed by atoms with van der Waals surface area (Å²) in [5.74, 6) is 5.27. The standard InChI is InChI=1S/C7H6ClN3/c8-6-1-3-7(4-2-6)11(10)5-9/h1-4H,10H2. The van der Waals surface area contributed by atoms with E-state index in [9.17, 15) is 0 Å². The maximum absolute atomic E-state index is 8.38. The van der Waals surface area contributed by atoms with Crippen LogP contribution >= 0.6 is 11.6 Å². The summed E-state index contributed by atoms with van der Waals surface area (Å²) in [6.45, 7) is 0. The van der Waals surface area contributed by atoms with Crippen LogP contribution in [0.5, 0.6) is 0 Å². The molecule has 0 spiro atoms. The van der Waals surface area contributed by atoms with Gasteiger partial charge < -0.3 is 0 Å². The Morgan fingerprint density at radius 2 is 1.91 bits per heavy atom. The van der Waals surface area contributed by atoms with Gasteiger partial charge in [-0.2, -0.15) is 5.26 Å². The van der Waals surface area contributed by atoms with Gasteiger partial charge in [0.1, 0.15) is 0 Å². The van der Waals surface area contributed by atoms with Gasteiger partial charge in [0, 0.05) is 5.02 Å². The molecule has 0 bridgehead atoms. The molecule has 2 N–H and O–H groups in total. The van der Waals surface area contributed by atoms with Gasteiger partial charge in [0.05, 0.1) is 5.69 Å². The second-order valence-electron chi connectivity index (χ2n) is 1.95. The molecule has 0 aliphatic heterocycles. The largest absolute Gasteiger partial charge is 0.234 e. The minimum absolute atomic E-state index is 0.622. The molecule has 0 radical (unpaired) electrons. The quantitative estimate of drug-likeness (QED) is 0.299. The third-order valence-electron chi connectivity index (χ3n) is 1.21. The molecule has 0 aliphatic carbocycles. The summed E-state index contributed by atoms with van der Waals surface area (Å²) in [6, 6.07) is 6.69. The summed E-state index contributed by atoms with van der Waals surface area (Å²) in [5.41, 5.74) is 0.622. The van der Waals surface area contributed by atoms with Gasteiger partial charge in [-0.15, -0.1) is 0 Å². The Morgan fingerprint density at radius 3 is 2.36 bits per heavy atom. The summed E-state index contributed by atoms with van der Waals surface area (Å²) in [4.78, 5) is 0. The van der Waals surface area contributed by atoms with Gasteiger partial charge in [-0.1, -0.05) is 11.6 Å². The zero-order chi connectivity index (χ0) is 8.27. The number of hydrogen-bond donors (Lipinski definition) is 1. The van der Waals surface area contributed by atoms with Crippen LogP contribution in [-0.4, -0.2) is 0 Å². The molecule has 0 heterocycles. The molecule has 1 aromatic carbocycles. The third kappa shape index (κ3) is 1.84. The van der Waals surface area contributed by atoms with Crippen molar-refractivity contribution >= 4 is 17.3 Å². The van der Waals surface area contributed by atoms with E-state index in [4.69, 9.17) is 22.7 Å². The van der Waals surface area contributed by atoms with Crippen molar-refractivity contribution in [3.05, 3.63) is 29.3 Å². The number of rotatable bonds is 1. The zero-order valence-electron chi connectivity index (χ0n) is 5.66. The molecule has 1 aromatic rings. The van der Waals surface area contributed by atoms with Gasteiger partial charge in [-0.05, 0) is 24.3 Å². The van der Waals surface area contributed by atoms with E-state index in [0.717, 1.165) is 5.01 Å². The normalized spacial score (nSPS) is 8.82. The molecule has 4 heteroatoms. The highest BCUT2D eigenvalue weighted by Crippen LogP contribution is 2.14. The molecule has 0 aliphatic rings. The molecule has 0 fully saturated rings. The van der Waals surface area contributed by atoms with E-state index in [1.54, 1.807) is 30.5 Å². The van der Waals surface area contributed by atoms with Crippen molar-refractivity contribution in [1.82, 2.24) is 0 Å². The summed E-state index contributed by atoms with van der Waals surface area (Å²) in [7, 11) is 0. The van der Waals surface area contributed by atoms with Crippen LogP contribution in [-0.2, 0) is 0 Å². The molecular formula is C7H6ClN3. The lowest BCUT2D eigenvalue weighted by Gasteiger charge is -2.06. The molecular weight excluding hydrogens is 162 g/mol. The number of hydrazine groups is 1. The number of nitrogens with zero attached hydrogens (tertiary/aromatic N) is 2. The minimum Gasteiger partial charge on any atom is -0.234 e. The van der Waals surface area contributed by atoms with E-state index in [-0.39, 0.29) is 0 Å². The van der Waals surface area contributed by atoms with Crippen molar-refractivity contribution in [3.8, 4) is 6.19 Å².